The Balaban J connectivity index is 1.33. The number of aromatic nitrogens is 4. The maximum atomic E-state index is 13.7. The van der Waals surface area contributed by atoms with Crippen LogP contribution in [0.25, 0.3) is 5.65 Å². The van der Waals surface area contributed by atoms with Crippen LogP contribution in [0.3, 0.4) is 0 Å². The van der Waals surface area contributed by atoms with Gasteiger partial charge in [0, 0.05) is 24.6 Å². The van der Waals surface area contributed by atoms with Gasteiger partial charge in [-0.3, -0.25) is 9.59 Å². The zero-order valence-electron chi connectivity index (χ0n) is 17.5. The van der Waals surface area contributed by atoms with Crippen LogP contribution in [0.1, 0.15) is 16.2 Å². The zero-order chi connectivity index (χ0) is 24.1. The molecule has 0 bridgehead atoms. The number of nitrogens with zero attached hydrogens (tertiary/aromatic N) is 4. The van der Waals surface area contributed by atoms with Gasteiger partial charge in [-0.15, -0.1) is 10.2 Å². The molecule has 2 heterocycles. The Morgan fingerprint density at radius 1 is 0.941 bits per heavy atom. The lowest BCUT2D eigenvalue weighted by molar-refractivity contribution is -0.113. The minimum atomic E-state index is -0.862. The van der Waals surface area contributed by atoms with E-state index in [0.717, 1.165) is 23.9 Å². The van der Waals surface area contributed by atoms with Crippen LogP contribution in [-0.4, -0.2) is 43.9 Å². The van der Waals surface area contributed by atoms with E-state index in [1.807, 2.05) is 0 Å². The second-order valence-electron chi connectivity index (χ2n) is 7.03. The Bertz CT molecular complexity index is 1350. The fraction of sp³-hybridized carbons (Fsp3) is 0.136. The molecule has 0 aliphatic heterocycles. The van der Waals surface area contributed by atoms with E-state index < -0.39 is 23.4 Å². The van der Waals surface area contributed by atoms with Crippen LogP contribution in [0.2, 0.25) is 0 Å². The van der Waals surface area contributed by atoms with E-state index in [1.165, 1.54) is 28.8 Å². The normalized spacial score (nSPS) is 10.9. The van der Waals surface area contributed by atoms with Gasteiger partial charge in [-0.2, -0.15) is 9.61 Å². The van der Waals surface area contributed by atoms with Crippen LogP contribution in [0.5, 0.6) is 0 Å². The number of hydrogen-bond acceptors (Lipinski definition) is 6. The third-order valence-electron chi connectivity index (χ3n) is 4.60. The molecule has 174 valence electrons. The monoisotopic (exact) mass is 486 g/mol. The van der Waals surface area contributed by atoms with Gasteiger partial charge >= 0.3 is 0 Å². The highest BCUT2D eigenvalue weighted by Gasteiger charge is 2.12. The minimum Gasteiger partial charge on any atom is -0.352 e. The summed E-state index contributed by atoms with van der Waals surface area (Å²) in [5, 5.41) is 18.1. The molecule has 0 aliphatic rings. The second kappa shape index (κ2) is 10.3. The molecule has 4 rings (SSSR count). The number of rotatable bonds is 8. The van der Waals surface area contributed by atoms with Crippen molar-refractivity contribution in [1.29, 1.82) is 0 Å². The molecular formula is C22H17F3N6O2S. The van der Waals surface area contributed by atoms with Crippen molar-refractivity contribution in [2.75, 3.05) is 17.6 Å². The first kappa shape index (κ1) is 23.2. The molecule has 2 amide bonds. The third-order valence-corrected chi connectivity index (χ3v) is 5.52. The Labute approximate surface area is 195 Å². The summed E-state index contributed by atoms with van der Waals surface area (Å²) in [6, 6.07) is 11.4. The second-order valence-corrected chi connectivity index (χ2v) is 8.03. The summed E-state index contributed by atoms with van der Waals surface area (Å²) in [5.74, 6) is -2.41. The topological polar surface area (TPSA) is 101 Å². The van der Waals surface area contributed by atoms with Gasteiger partial charge in [-0.1, -0.05) is 11.8 Å². The predicted molar refractivity (Wildman–Crippen MR) is 119 cm³/mol. The number of carbonyl (C=O) groups is 2. The minimum absolute atomic E-state index is 0.0551. The number of benzene rings is 2. The van der Waals surface area contributed by atoms with Gasteiger partial charge in [-0.25, -0.2) is 13.2 Å². The number of carbonyl (C=O) groups excluding carboxylic acids is 2. The Hall–Kier alpha value is -3.93. The van der Waals surface area contributed by atoms with Crippen molar-refractivity contribution in [2.24, 2.45) is 0 Å². The number of thioether (sulfide) groups is 1. The molecule has 0 unspecified atom stereocenters. The maximum Gasteiger partial charge on any atom is 0.251 e. The van der Waals surface area contributed by atoms with E-state index >= 15 is 0 Å². The van der Waals surface area contributed by atoms with E-state index in [9.17, 15) is 22.8 Å². The van der Waals surface area contributed by atoms with E-state index in [4.69, 9.17) is 0 Å². The number of amides is 2. The SMILES string of the molecule is O=C(CSc1ccc2nnc(CCNC(=O)c3ccc(F)cc3)n2n1)Nc1ccc(F)cc1F. The van der Waals surface area contributed by atoms with Crippen molar-refractivity contribution in [1.82, 2.24) is 25.1 Å². The first-order valence-electron chi connectivity index (χ1n) is 10.0. The molecule has 2 aromatic carbocycles. The van der Waals surface area contributed by atoms with Crippen molar-refractivity contribution in [3.05, 3.63) is 83.4 Å². The van der Waals surface area contributed by atoms with Crippen LogP contribution >= 0.6 is 11.8 Å². The zero-order valence-corrected chi connectivity index (χ0v) is 18.3. The molecule has 0 saturated carbocycles. The van der Waals surface area contributed by atoms with Crippen molar-refractivity contribution in [2.45, 2.75) is 11.4 Å². The Morgan fingerprint density at radius 3 is 2.47 bits per heavy atom. The number of halogens is 3. The van der Waals surface area contributed by atoms with E-state index in [-0.39, 0.29) is 23.9 Å². The van der Waals surface area contributed by atoms with Crippen molar-refractivity contribution in [3.8, 4) is 0 Å². The number of fused-ring (bicyclic) bond motifs is 1. The highest BCUT2D eigenvalue weighted by atomic mass is 32.2. The fourth-order valence-corrected chi connectivity index (χ4v) is 3.61. The lowest BCUT2D eigenvalue weighted by atomic mass is 10.2. The van der Waals surface area contributed by atoms with Gasteiger partial charge in [0.05, 0.1) is 11.4 Å². The van der Waals surface area contributed by atoms with Crippen LogP contribution in [0, 0.1) is 17.5 Å². The average Bonchev–Trinajstić information content (AvgIpc) is 3.22. The lowest BCUT2D eigenvalue weighted by Gasteiger charge is -2.07. The van der Waals surface area contributed by atoms with Gasteiger partial charge in [0.15, 0.2) is 11.5 Å². The molecule has 2 aromatic heterocycles. The van der Waals surface area contributed by atoms with Crippen LogP contribution in [0.15, 0.2) is 59.6 Å². The van der Waals surface area contributed by atoms with Gasteiger partial charge in [-0.05, 0) is 48.5 Å². The quantitative estimate of drug-likeness (QED) is 0.371. The molecule has 34 heavy (non-hydrogen) atoms. The van der Waals surface area contributed by atoms with Crippen molar-refractivity contribution >= 4 is 34.9 Å². The van der Waals surface area contributed by atoms with Gasteiger partial charge < -0.3 is 10.6 Å². The largest absolute Gasteiger partial charge is 0.352 e. The molecule has 8 nitrogen and oxygen atoms in total. The number of hydrogen-bond donors (Lipinski definition) is 2. The highest BCUT2D eigenvalue weighted by molar-refractivity contribution is 7.99. The average molecular weight is 486 g/mol. The van der Waals surface area contributed by atoms with E-state index in [0.29, 0.717) is 34.5 Å². The summed E-state index contributed by atoms with van der Waals surface area (Å²) >= 11 is 1.11. The summed E-state index contributed by atoms with van der Waals surface area (Å²) in [6.45, 7) is 0.252. The summed E-state index contributed by atoms with van der Waals surface area (Å²) < 4.78 is 41.2. The van der Waals surface area contributed by atoms with E-state index in [2.05, 4.69) is 25.9 Å². The van der Waals surface area contributed by atoms with Gasteiger partial charge in [0.2, 0.25) is 5.91 Å². The van der Waals surface area contributed by atoms with Gasteiger partial charge in [0.25, 0.3) is 5.91 Å². The molecule has 0 fully saturated rings. The lowest BCUT2D eigenvalue weighted by Crippen LogP contribution is -2.26. The molecule has 0 radical (unpaired) electrons. The van der Waals surface area contributed by atoms with Crippen LogP contribution in [0.4, 0.5) is 18.9 Å². The number of anilines is 1. The predicted octanol–water partition coefficient (Wildman–Crippen LogP) is 3.24. The molecular weight excluding hydrogens is 469 g/mol. The van der Waals surface area contributed by atoms with Crippen LogP contribution in [-0.2, 0) is 11.2 Å². The molecule has 4 aromatic rings. The molecule has 12 heteroatoms. The smallest absolute Gasteiger partial charge is 0.251 e. The molecule has 2 N–H and O–H groups in total. The highest BCUT2D eigenvalue weighted by Crippen LogP contribution is 2.19. The first-order chi connectivity index (χ1) is 16.4. The Morgan fingerprint density at radius 2 is 1.71 bits per heavy atom. The maximum absolute atomic E-state index is 13.7. The summed E-state index contributed by atoms with van der Waals surface area (Å²) in [6.07, 6.45) is 0.333. The van der Waals surface area contributed by atoms with Crippen LogP contribution < -0.4 is 10.6 Å². The summed E-state index contributed by atoms with van der Waals surface area (Å²) in [4.78, 5) is 24.3. The van der Waals surface area contributed by atoms with Crippen molar-refractivity contribution < 1.29 is 22.8 Å². The molecule has 0 spiro atoms. The van der Waals surface area contributed by atoms with Gasteiger partial charge in [0.1, 0.15) is 22.5 Å². The molecule has 0 aliphatic carbocycles. The van der Waals surface area contributed by atoms with Crippen molar-refractivity contribution in [3.63, 3.8) is 0 Å². The third kappa shape index (κ3) is 5.70. The fourth-order valence-electron chi connectivity index (χ4n) is 2.96. The number of nitrogens with one attached hydrogen (secondary N) is 2. The summed E-state index contributed by atoms with van der Waals surface area (Å²) in [5.41, 5.74) is 0.712. The molecule has 0 atom stereocenters. The standard InChI is InChI=1S/C22H17F3N6O2S/c23-14-3-1-13(2-4-14)22(33)26-10-9-19-29-28-18-7-8-21(30-31(18)19)34-12-20(32)27-17-6-5-15(24)11-16(17)25/h1-8,11H,9-10,12H2,(H,26,33)(H,27,32). The Kier molecular flexibility index (Phi) is 7.07. The van der Waals surface area contributed by atoms with E-state index in [1.54, 1.807) is 12.1 Å². The summed E-state index contributed by atoms with van der Waals surface area (Å²) in [7, 11) is 0. The first-order valence-corrected chi connectivity index (χ1v) is 11.0. The molecule has 0 saturated heterocycles.